The van der Waals surface area contributed by atoms with Gasteiger partial charge in [0, 0.05) is 25.7 Å². The van der Waals surface area contributed by atoms with Crippen molar-refractivity contribution >= 4 is 39.5 Å². The van der Waals surface area contributed by atoms with Gasteiger partial charge >= 0.3 is 39.5 Å². The monoisotopic (exact) mass is 1520 g/mol. The molecule has 104 heavy (non-hydrogen) atoms. The van der Waals surface area contributed by atoms with Crippen molar-refractivity contribution in [3.8, 4) is 0 Å². The molecule has 0 aliphatic heterocycles. The third-order valence-corrected chi connectivity index (χ3v) is 22.0. The molecule has 0 heterocycles. The van der Waals surface area contributed by atoms with Crippen LogP contribution in [0.2, 0.25) is 0 Å². The molecule has 19 heteroatoms. The molecule has 0 aromatic carbocycles. The minimum atomic E-state index is -4.96. The van der Waals surface area contributed by atoms with E-state index in [0.717, 1.165) is 89.9 Å². The van der Waals surface area contributed by atoms with Crippen molar-refractivity contribution < 1.29 is 80.2 Å². The Morgan fingerprint density at radius 1 is 0.231 bits per heavy atom. The van der Waals surface area contributed by atoms with Crippen molar-refractivity contribution in [2.45, 2.75) is 483 Å². The third-order valence-electron chi connectivity index (χ3n) is 20.1. The molecular weight excluding hydrogens is 1350 g/mol. The van der Waals surface area contributed by atoms with Gasteiger partial charge in [-0.1, -0.05) is 413 Å². The van der Waals surface area contributed by atoms with E-state index in [1.165, 1.54) is 295 Å². The van der Waals surface area contributed by atoms with Crippen molar-refractivity contribution in [1.29, 1.82) is 0 Å². The van der Waals surface area contributed by atoms with Gasteiger partial charge in [0.2, 0.25) is 0 Å². The van der Waals surface area contributed by atoms with E-state index in [0.29, 0.717) is 25.7 Å². The van der Waals surface area contributed by atoms with Gasteiger partial charge in [0.05, 0.1) is 26.4 Å². The molecule has 0 aliphatic rings. The SMILES string of the molecule is CCCCCCCCCCCCCCCCCCCCCCCC(=O)O[C@H](COC(=O)CCCCCCCCCCCCCCCCCCC)COP(=O)(O)OC[C@@H](O)COP(=O)(O)OC[C@@H](COC(=O)CCCCCCCCCCCC)OC(=O)CCCCCCCCCCCCCCCCCC. The number of aliphatic hydroxyl groups is 1. The maximum Gasteiger partial charge on any atom is 0.472 e. The fraction of sp³-hybridized carbons (Fsp3) is 0.953. The molecular formula is C85H166O17P2. The standard InChI is InChI=1S/C85H166O17P2/c1-5-9-13-17-21-25-29-32-35-38-39-40-41-43-46-49-52-56-60-64-68-72-85(90)102-81(76-96-83(88)70-66-62-58-54-50-47-45-42-36-33-30-26-22-18-14-10-6-2)78-100-104(93,94)98-74-79(86)73-97-103(91,92)99-77-80(75-95-82(87)69-65-61-57-53-28-24-20-16-12-8-4)101-84(89)71-67-63-59-55-51-48-44-37-34-31-27-23-19-15-11-7-3/h79-81,86H,5-78H2,1-4H3,(H,91,92)(H,93,94)/t79-,80+,81+/m0/s1. The van der Waals surface area contributed by atoms with Crippen molar-refractivity contribution in [2.24, 2.45) is 0 Å². The maximum absolute atomic E-state index is 13.1. The van der Waals surface area contributed by atoms with E-state index >= 15 is 0 Å². The van der Waals surface area contributed by atoms with Gasteiger partial charge in [0.15, 0.2) is 12.2 Å². The van der Waals surface area contributed by atoms with Crippen molar-refractivity contribution in [3.63, 3.8) is 0 Å². The second-order valence-corrected chi connectivity index (χ2v) is 33.5. The predicted molar refractivity (Wildman–Crippen MR) is 428 cm³/mol. The average molecular weight is 1520 g/mol. The minimum absolute atomic E-state index is 0.109. The first-order valence-corrected chi connectivity index (χ1v) is 47.3. The first kappa shape index (κ1) is 102. The van der Waals surface area contributed by atoms with Crippen LogP contribution < -0.4 is 0 Å². The summed E-state index contributed by atoms with van der Waals surface area (Å²) in [5.41, 5.74) is 0. The predicted octanol–water partition coefficient (Wildman–Crippen LogP) is 26.1. The highest BCUT2D eigenvalue weighted by molar-refractivity contribution is 7.47. The van der Waals surface area contributed by atoms with E-state index in [4.69, 9.17) is 37.0 Å². The van der Waals surface area contributed by atoms with Gasteiger partial charge in [0.1, 0.15) is 19.3 Å². The second-order valence-electron chi connectivity index (χ2n) is 30.6. The zero-order chi connectivity index (χ0) is 76.0. The number of ether oxygens (including phenoxy) is 4. The molecule has 0 spiro atoms. The maximum atomic E-state index is 13.1. The number of aliphatic hydroxyl groups excluding tert-OH is 1. The molecule has 3 N–H and O–H groups in total. The number of carbonyl (C=O) groups is 4. The van der Waals surface area contributed by atoms with Gasteiger partial charge in [-0.15, -0.1) is 0 Å². The van der Waals surface area contributed by atoms with Crippen LogP contribution in [-0.4, -0.2) is 96.7 Å². The molecule has 0 aromatic rings. The number of phosphoric acid groups is 2. The van der Waals surface area contributed by atoms with Gasteiger partial charge in [-0.3, -0.25) is 37.3 Å². The van der Waals surface area contributed by atoms with E-state index in [-0.39, 0.29) is 25.7 Å². The summed E-state index contributed by atoms with van der Waals surface area (Å²) in [6, 6.07) is 0. The molecule has 0 aromatic heterocycles. The van der Waals surface area contributed by atoms with E-state index in [1.807, 2.05) is 0 Å². The topological polar surface area (TPSA) is 237 Å². The molecule has 0 rings (SSSR count). The van der Waals surface area contributed by atoms with Gasteiger partial charge in [-0.25, -0.2) is 9.13 Å². The Hall–Kier alpha value is -1.94. The van der Waals surface area contributed by atoms with Crippen LogP contribution in [0.25, 0.3) is 0 Å². The number of phosphoric ester groups is 2. The molecule has 0 amide bonds. The summed E-state index contributed by atoms with van der Waals surface area (Å²) in [6.45, 7) is 5.05. The zero-order valence-electron chi connectivity index (χ0n) is 68.0. The van der Waals surface area contributed by atoms with Crippen molar-refractivity contribution in [1.82, 2.24) is 0 Å². The molecule has 0 bridgehead atoms. The van der Waals surface area contributed by atoms with Crippen LogP contribution in [-0.2, 0) is 65.4 Å². The number of hydrogen-bond acceptors (Lipinski definition) is 15. The molecule has 2 unspecified atom stereocenters. The van der Waals surface area contributed by atoms with Crippen LogP contribution in [0.1, 0.15) is 464 Å². The number of esters is 4. The second kappa shape index (κ2) is 79.2. The van der Waals surface area contributed by atoms with Crippen molar-refractivity contribution in [3.05, 3.63) is 0 Å². The fourth-order valence-electron chi connectivity index (χ4n) is 13.3. The molecule has 0 radical (unpaired) electrons. The first-order valence-electron chi connectivity index (χ1n) is 44.3. The van der Waals surface area contributed by atoms with Gasteiger partial charge in [-0.05, 0) is 25.7 Å². The van der Waals surface area contributed by atoms with Crippen molar-refractivity contribution in [2.75, 3.05) is 39.6 Å². The van der Waals surface area contributed by atoms with Crippen LogP contribution >= 0.6 is 15.6 Å². The summed E-state index contributed by atoms with van der Waals surface area (Å²) in [7, 11) is -9.92. The Bertz CT molecular complexity index is 1960. The number of unbranched alkanes of at least 4 members (excludes halogenated alkanes) is 60. The smallest absolute Gasteiger partial charge is 0.462 e. The Morgan fingerprint density at radius 2 is 0.385 bits per heavy atom. The molecule has 0 fully saturated rings. The Kier molecular flexibility index (Phi) is 77.7. The molecule has 17 nitrogen and oxygen atoms in total. The Balaban J connectivity index is 5.22. The van der Waals surface area contributed by atoms with E-state index in [9.17, 15) is 43.2 Å². The van der Waals surface area contributed by atoms with Crippen LogP contribution in [0.15, 0.2) is 0 Å². The lowest BCUT2D eigenvalue weighted by molar-refractivity contribution is -0.161. The fourth-order valence-corrected chi connectivity index (χ4v) is 14.9. The highest BCUT2D eigenvalue weighted by Gasteiger charge is 2.30. The van der Waals surface area contributed by atoms with Crippen LogP contribution in [0.3, 0.4) is 0 Å². The Labute approximate surface area is 638 Å². The average Bonchev–Trinajstić information content (AvgIpc) is 1.26. The molecule has 0 saturated carbocycles. The summed E-state index contributed by atoms with van der Waals surface area (Å²) in [5, 5.41) is 10.7. The summed E-state index contributed by atoms with van der Waals surface area (Å²) in [6.07, 6.45) is 73.6. The van der Waals surface area contributed by atoms with Gasteiger partial charge in [-0.2, -0.15) is 0 Å². The molecule has 5 atom stereocenters. The number of rotatable bonds is 86. The lowest BCUT2D eigenvalue weighted by atomic mass is 10.0. The number of hydrogen-bond donors (Lipinski definition) is 3. The Morgan fingerprint density at radius 3 is 0.567 bits per heavy atom. The van der Waals surface area contributed by atoms with E-state index < -0.39 is 97.5 Å². The summed E-state index contributed by atoms with van der Waals surface area (Å²) in [5.74, 6) is -2.10. The lowest BCUT2D eigenvalue weighted by Gasteiger charge is -2.21. The summed E-state index contributed by atoms with van der Waals surface area (Å²) < 4.78 is 68.9. The van der Waals surface area contributed by atoms with Crippen LogP contribution in [0.5, 0.6) is 0 Å². The molecule has 0 aliphatic carbocycles. The quantitative estimate of drug-likeness (QED) is 0.0222. The third kappa shape index (κ3) is 78.2. The van der Waals surface area contributed by atoms with Gasteiger partial charge in [0.25, 0.3) is 0 Å². The highest BCUT2D eigenvalue weighted by Crippen LogP contribution is 2.45. The van der Waals surface area contributed by atoms with E-state index in [1.54, 1.807) is 0 Å². The minimum Gasteiger partial charge on any atom is -0.462 e. The van der Waals surface area contributed by atoms with Crippen LogP contribution in [0, 0.1) is 0 Å². The molecule has 618 valence electrons. The van der Waals surface area contributed by atoms with E-state index in [2.05, 4.69) is 27.7 Å². The summed E-state index contributed by atoms with van der Waals surface area (Å²) in [4.78, 5) is 73.2. The highest BCUT2D eigenvalue weighted by atomic mass is 31.2. The largest absolute Gasteiger partial charge is 0.472 e. The van der Waals surface area contributed by atoms with Crippen LogP contribution in [0.4, 0.5) is 0 Å². The number of carbonyl (C=O) groups excluding carboxylic acids is 4. The lowest BCUT2D eigenvalue weighted by Crippen LogP contribution is -2.30. The normalized spacial score (nSPS) is 13.7. The zero-order valence-corrected chi connectivity index (χ0v) is 69.8. The van der Waals surface area contributed by atoms with Gasteiger partial charge < -0.3 is 33.8 Å². The first-order chi connectivity index (χ1) is 50.7. The summed E-state index contributed by atoms with van der Waals surface area (Å²) >= 11 is 0. The molecule has 0 saturated heterocycles.